The van der Waals surface area contributed by atoms with Gasteiger partial charge in [-0.15, -0.1) is 0 Å². The van der Waals surface area contributed by atoms with Gasteiger partial charge in [-0.1, -0.05) is 11.6 Å². The van der Waals surface area contributed by atoms with Gasteiger partial charge in [0.25, 0.3) is 0 Å². The number of hydrogen-bond acceptors (Lipinski definition) is 2. The maximum Gasteiger partial charge on any atom is 0.128 e. The molecule has 0 aliphatic heterocycles. The Balaban J connectivity index is 2.38. The summed E-state index contributed by atoms with van der Waals surface area (Å²) < 4.78 is 13.5. The van der Waals surface area contributed by atoms with Crippen LogP contribution in [-0.4, -0.2) is 0 Å². The highest BCUT2D eigenvalue weighted by atomic mass is 35.5. The predicted octanol–water partition coefficient (Wildman–Crippen LogP) is 2.78. The highest BCUT2D eigenvalue weighted by Gasteiger charge is 2.49. The van der Waals surface area contributed by atoms with E-state index >= 15 is 0 Å². The van der Waals surface area contributed by atoms with E-state index in [2.05, 4.69) is 6.07 Å². The minimum Gasteiger partial charge on any atom is -0.323 e. The third-order valence-electron chi connectivity index (χ3n) is 2.90. The second-order valence-corrected chi connectivity index (χ2v) is 4.35. The van der Waals surface area contributed by atoms with Crippen molar-refractivity contribution in [3.8, 4) is 6.07 Å². The van der Waals surface area contributed by atoms with Crippen molar-refractivity contribution in [2.45, 2.75) is 18.9 Å². The van der Waals surface area contributed by atoms with Crippen LogP contribution >= 0.6 is 11.6 Å². The van der Waals surface area contributed by atoms with Crippen LogP contribution in [0.5, 0.6) is 0 Å². The molecule has 1 aliphatic rings. The average Bonchev–Trinajstić information content (AvgIpc) is 3.01. The molecule has 0 saturated heterocycles. The summed E-state index contributed by atoms with van der Waals surface area (Å²) >= 11 is 5.77. The molecule has 2 rings (SSSR count). The molecule has 0 heterocycles. The van der Waals surface area contributed by atoms with Gasteiger partial charge in [0.05, 0.1) is 17.5 Å². The van der Waals surface area contributed by atoms with Gasteiger partial charge in [-0.2, -0.15) is 5.26 Å². The largest absolute Gasteiger partial charge is 0.323 e. The third kappa shape index (κ3) is 1.71. The molecule has 2 N–H and O–H groups in total. The molecular formula is C11H10ClFN2. The molecule has 1 saturated carbocycles. The first kappa shape index (κ1) is 10.4. The molecule has 1 aromatic carbocycles. The second-order valence-electron chi connectivity index (χ2n) is 3.91. The molecule has 15 heavy (non-hydrogen) atoms. The first-order valence-electron chi connectivity index (χ1n) is 4.71. The van der Waals surface area contributed by atoms with Crippen molar-refractivity contribution in [3.63, 3.8) is 0 Å². The summed E-state index contributed by atoms with van der Waals surface area (Å²) in [7, 11) is 0. The van der Waals surface area contributed by atoms with Crippen LogP contribution in [0.15, 0.2) is 18.2 Å². The molecule has 2 nitrogen and oxygen atoms in total. The van der Waals surface area contributed by atoms with E-state index in [1.807, 2.05) is 0 Å². The Bertz CT molecular complexity index is 435. The summed E-state index contributed by atoms with van der Waals surface area (Å²) in [6, 6.07) is 5.83. The number of nitrogens with two attached hydrogens (primary N) is 1. The van der Waals surface area contributed by atoms with Gasteiger partial charge in [-0.3, -0.25) is 0 Å². The Morgan fingerprint density at radius 3 is 2.73 bits per heavy atom. The van der Waals surface area contributed by atoms with Gasteiger partial charge >= 0.3 is 0 Å². The van der Waals surface area contributed by atoms with Gasteiger partial charge in [0, 0.05) is 10.6 Å². The van der Waals surface area contributed by atoms with Gasteiger partial charge in [-0.25, -0.2) is 4.39 Å². The molecule has 1 fully saturated rings. The molecule has 78 valence electrons. The smallest absolute Gasteiger partial charge is 0.128 e. The van der Waals surface area contributed by atoms with E-state index in [1.165, 1.54) is 18.2 Å². The van der Waals surface area contributed by atoms with Crippen molar-refractivity contribution in [1.29, 1.82) is 5.26 Å². The van der Waals surface area contributed by atoms with Crippen LogP contribution in [0.3, 0.4) is 0 Å². The first-order chi connectivity index (χ1) is 7.09. The molecule has 0 radical (unpaired) electrons. The lowest BCUT2D eigenvalue weighted by Gasteiger charge is -2.17. The van der Waals surface area contributed by atoms with Crippen LogP contribution in [0.1, 0.15) is 24.4 Å². The first-order valence-corrected chi connectivity index (χ1v) is 5.09. The normalized spacial score (nSPS) is 19.3. The van der Waals surface area contributed by atoms with Gasteiger partial charge < -0.3 is 5.73 Å². The fraction of sp³-hybridized carbons (Fsp3) is 0.364. The highest BCUT2D eigenvalue weighted by Crippen LogP contribution is 2.53. The molecule has 0 bridgehead atoms. The van der Waals surface area contributed by atoms with E-state index in [0.29, 0.717) is 10.6 Å². The Kier molecular flexibility index (Phi) is 2.41. The predicted molar refractivity (Wildman–Crippen MR) is 55.6 cm³/mol. The Morgan fingerprint density at radius 1 is 1.53 bits per heavy atom. The van der Waals surface area contributed by atoms with Crippen LogP contribution in [0.25, 0.3) is 0 Å². The monoisotopic (exact) mass is 224 g/mol. The topological polar surface area (TPSA) is 49.8 Å². The molecule has 1 atom stereocenters. The Morgan fingerprint density at radius 2 is 2.20 bits per heavy atom. The highest BCUT2D eigenvalue weighted by molar-refractivity contribution is 6.30. The van der Waals surface area contributed by atoms with Gasteiger partial charge in [0.15, 0.2) is 0 Å². The fourth-order valence-corrected chi connectivity index (χ4v) is 1.86. The van der Waals surface area contributed by atoms with Gasteiger partial charge in [0.1, 0.15) is 5.82 Å². The van der Waals surface area contributed by atoms with E-state index in [9.17, 15) is 4.39 Å². The zero-order valence-electron chi connectivity index (χ0n) is 8.00. The summed E-state index contributed by atoms with van der Waals surface area (Å²) in [6.45, 7) is 0. The van der Waals surface area contributed by atoms with Crippen LogP contribution in [0, 0.1) is 22.6 Å². The van der Waals surface area contributed by atoms with Crippen molar-refractivity contribution in [2.24, 2.45) is 11.1 Å². The van der Waals surface area contributed by atoms with Crippen LogP contribution < -0.4 is 5.73 Å². The molecule has 0 amide bonds. The van der Waals surface area contributed by atoms with E-state index < -0.39 is 17.3 Å². The second kappa shape index (κ2) is 3.48. The summed E-state index contributed by atoms with van der Waals surface area (Å²) in [5.74, 6) is -0.395. The standard InChI is InChI=1S/C11H10ClFN2/c12-7-1-2-9(13)8(5-7)10(15)11(6-14)3-4-11/h1-2,5,10H,3-4,15H2. The number of benzene rings is 1. The molecule has 1 unspecified atom stereocenters. The lowest BCUT2D eigenvalue weighted by Crippen LogP contribution is -2.22. The number of rotatable bonds is 2. The Labute approximate surface area is 92.5 Å². The number of hydrogen-bond donors (Lipinski definition) is 1. The minimum absolute atomic E-state index is 0.335. The summed E-state index contributed by atoms with van der Waals surface area (Å²) in [6.07, 6.45) is 1.47. The lowest BCUT2D eigenvalue weighted by molar-refractivity contribution is 0.488. The van der Waals surface area contributed by atoms with Crippen molar-refractivity contribution in [3.05, 3.63) is 34.6 Å². The summed E-state index contributed by atoms with van der Waals surface area (Å²) in [5.41, 5.74) is 5.65. The van der Waals surface area contributed by atoms with E-state index in [0.717, 1.165) is 12.8 Å². The quantitative estimate of drug-likeness (QED) is 0.840. The molecule has 4 heteroatoms. The zero-order chi connectivity index (χ0) is 11.1. The summed E-state index contributed by atoms with van der Waals surface area (Å²) in [5, 5.41) is 9.40. The lowest BCUT2D eigenvalue weighted by atomic mass is 9.92. The van der Waals surface area contributed by atoms with Crippen molar-refractivity contribution >= 4 is 11.6 Å². The number of nitriles is 1. The average molecular weight is 225 g/mol. The number of nitrogens with zero attached hydrogens (tertiary/aromatic N) is 1. The minimum atomic E-state index is -0.582. The summed E-state index contributed by atoms with van der Waals surface area (Å²) in [4.78, 5) is 0. The maximum atomic E-state index is 13.5. The SMILES string of the molecule is N#CC1(C(N)c2cc(Cl)ccc2F)CC1. The maximum absolute atomic E-state index is 13.5. The fourth-order valence-electron chi connectivity index (χ4n) is 1.68. The zero-order valence-corrected chi connectivity index (χ0v) is 8.76. The van der Waals surface area contributed by atoms with Crippen LogP contribution in [0.2, 0.25) is 5.02 Å². The van der Waals surface area contributed by atoms with E-state index in [1.54, 1.807) is 0 Å². The van der Waals surface area contributed by atoms with Crippen LogP contribution in [0.4, 0.5) is 4.39 Å². The van der Waals surface area contributed by atoms with Crippen molar-refractivity contribution < 1.29 is 4.39 Å². The number of halogens is 2. The van der Waals surface area contributed by atoms with Gasteiger partial charge in [0.2, 0.25) is 0 Å². The molecule has 1 aliphatic carbocycles. The van der Waals surface area contributed by atoms with Crippen molar-refractivity contribution in [2.75, 3.05) is 0 Å². The van der Waals surface area contributed by atoms with E-state index in [4.69, 9.17) is 22.6 Å². The van der Waals surface area contributed by atoms with E-state index in [-0.39, 0.29) is 0 Å². The molecule has 1 aromatic rings. The Hall–Kier alpha value is -1.11. The molecule has 0 aromatic heterocycles. The van der Waals surface area contributed by atoms with Crippen molar-refractivity contribution in [1.82, 2.24) is 0 Å². The molecule has 0 spiro atoms. The van der Waals surface area contributed by atoms with Crippen LogP contribution in [-0.2, 0) is 0 Å². The molecular weight excluding hydrogens is 215 g/mol. The third-order valence-corrected chi connectivity index (χ3v) is 3.13. The van der Waals surface area contributed by atoms with Gasteiger partial charge in [-0.05, 0) is 31.0 Å².